The van der Waals surface area contributed by atoms with Crippen LogP contribution in [-0.4, -0.2) is 37.3 Å². The first-order valence-corrected chi connectivity index (χ1v) is 14.5. The number of anilines is 2. The SMILES string of the molecule is Cc1cn(-c2cc(CC(=O)c3ccc(C)c(NC(=O)c4csc5c(NC6CC6)ncnc45)c3)cc(C(F)(F)F)c2)c(C)n1. The zero-order valence-electron chi connectivity index (χ0n) is 23.5. The third-order valence-electron chi connectivity index (χ3n) is 7.27. The third kappa shape index (κ3) is 6.00. The van der Waals surface area contributed by atoms with Gasteiger partial charge in [-0.25, -0.2) is 15.0 Å². The van der Waals surface area contributed by atoms with Gasteiger partial charge in [-0.2, -0.15) is 13.2 Å². The number of Topliss-reactive ketones (excluding diaryl/α,β-unsaturated/α-hetero) is 1. The minimum absolute atomic E-state index is 0.215. The minimum atomic E-state index is -4.59. The van der Waals surface area contributed by atoms with Crippen LogP contribution in [0.4, 0.5) is 24.7 Å². The normalized spacial score (nSPS) is 13.3. The molecule has 3 aromatic heterocycles. The summed E-state index contributed by atoms with van der Waals surface area (Å²) in [6.45, 7) is 5.26. The quantitative estimate of drug-likeness (QED) is 0.184. The Morgan fingerprint density at radius 2 is 1.86 bits per heavy atom. The van der Waals surface area contributed by atoms with Gasteiger partial charge in [-0.15, -0.1) is 11.3 Å². The van der Waals surface area contributed by atoms with E-state index in [9.17, 15) is 22.8 Å². The molecule has 0 atom stereocenters. The molecule has 1 amide bonds. The lowest BCUT2D eigenvalue weighted by Gasteiger charge is -2.14. The summed E-state index contributed by atoms with van der Waals surface area (Å²) in [5.41, 5.74) is 2.65. The molecule has 6 rings (SSSR count). The number of nitrogens with one attached hydrogen (secondary N) is 2. The molecule has 1 fully saturated rings. The van der Waals surface area contributed by atoms with Gasteiger partial charge in [0.25, 0.3) is 5.91 Å². The smallest absolute Gasteiger partial charge is 0.366 e. The Bertz CT molecular complexity index is 1890. The lowest BCUT2D eigenvalue weighted by Crippen LogP contribution is -2.14. The Kier molecular flexibility index (Phi) is 7.25. The number of ketones is 1. The standard InChI is InChI=1S/C31H27F3N6O2S/c1-16-4-5-20(11-25(16)39-30(42)24-14-43-28-27(24)35-15-36-29(28)38-22-6-7-22)26(41)10-19-8-21(31(32,33)34)12-23(9-19)40-13-17(2)37-18(40)3/h4-5,8-9,11-15,22H,6-7,10H2,1-3H3,(H,39,42)(H,35,36,38). The molecule has 3 heterocycles. The van der Waals surface area contributed by atoms with E-state index in [1.165, 1.54) is 17.7 Å². The van der Waals surface area contributed by atoms with Crippen LogP contribution < -0.4 is 10.6 Å². The first kappa shape index (κ1) is 28.5. The van der Waals surface area contributed by atoms with Gasteiger partial charge in [0.15, 0.2) is 5.78 Å². The van der Waals surface area contributed by atoms with E-state index in [4.69, 9.17) is 0 Å². The van der Waals surface area contributed by atoms with E-state index in [-0.39, 0.29) is 34.9 Å². The van der Waals surface area contributed by atoms with Gasteiger partial charge < -0.3 is 15.2 Å². The summed E-state index contributed by atoms with van der Waals surface area (Å²) >= 11 is 1.38. The zero-order valence-corrected chi connectivity index (χ0v) is 24.4. The van der Waals surface area contributed by atoms with Gasteiger partial charge in [-0.3, -0.25) is 9.59 Å². The van der Waals surface area contributed by atoms with Crippen LogP contribution in [0.1, 0.15) is 61.8 Å². The summed E-state index contributed by atoms with van der Waals surface area (Å²) in [5.74, 6) is 0.469. The van der Waals surface area contributed by atoms with E-state index in [0.717, 1.165) is 35.2 Å². The number of benzene rings is 2. The monoisotopic (exact) mass is 604 g/mol. The highest BCUT2D eigenvalue weighted by Crippen LogP contribution is 2.34. The number of hydrogen-bond acceptors (Lipinski definition) is 7. The van der Waals surface area contributed by atoms with Gasteiger partial charge in [0.2, 0.25) is 0 Å². The molecule has 0 saturated heterocycles. The highest BCUT2D eigenvalue weighted by molar-refractivity contribution is 7.18. The number of carbonyl (C=O) groups excluding carboxylic acids is 2. The molecule has 220 valence electrons. The number of hydrogen-bond donors (Lipinski definition) is 2. The van der Waals surface area contributed by atoms with Gasteiger partial charge in [-0.05, 0) is 69.0 Å². The number of aromatic nitrogens is 4. The number of nitrogens with zero attached hydrogens (tertiary/aromatic N) is 4. The molecule has 0 spiro atoms. The molecule has 0 unspecified atom stereocenters. The van der Waals surface area contributed by atoms with Gasteiger partial charge in [0.1, 0.15) is 18.0 Å². The van der Waals surface area contributed by atoms with Crippen molar-refractivity contribution in [1.29, 1.82) is 0 Å². The predicted molar refractivity (Wildman–Crippen MR) is 159 cm³/mol. The summed E-state index contributed by atoms with van der Waals surface area (Å²) in [4.78, 5) is 39.6. The predicted octanol–water partition coefficient (Wildman–Crippen LogP) is 7.07. The number of thiophene rings is 1. The average Bonchev–Trinajstić information content (AvgIpc) is 3.54. The molecule has 8 nitrogen and oxygen atoms in total. The molecule has 12 heteroatoms. The Hall–Kier alpha value is -4.58. The van der Waals surface area contributed by atoms with Crippen molar-refractivity contribution in [3.63, 3.8) is 0 Å². The van der Waals surface area contributed by atoms with Crippen molar-refractivity contribution in [1.82, 2.24) is 19.5 Å². The van der Waals surface area contributed by atoms with Crippen molar-refractivity contribution in [2.75, 3.05) is 10.6 Å². The fourth-order valence-corrected chi connectivity index (χ4v) is 5.85. The van der Waals surface area contributed by atoms with Crippen LogP contribution in [0.2, 0.25) is 0 Å². The number of carbonyl (C=O) groups is 2. The maximum absolute atomic E-state index is 13.8. The Morgan fingerprint density at radius 1 is 1.07 bits per heavy atom. The second-order valence-electron chi connectivity index (χ2n) is 10.7. The molecule has 2 aromatic carbocycles. The summed E-state index contributed by atoms with van der Waals surface area (Å²) in [7, 11) is 0. The second kappa shape index (κ2) is 10.9. The average molecular weight is 605 g/mol. The van der Waals surface area contributed by atoms with Crippen LogP contribution in [0.15, 0.2) is 54.3 Å². The molecule has 0 bridgehead atoms. The molecule has 5 aromatic rings. The number of halogens is 3. The van der Waals surface area contributed by atoms with Crippen LogP contribution in [0.25, 0.3) is 15.9 Å². The molecule has 43 heavy (non-hydrogen) atoms. The first-order valence-electron chi connectivity index (χ1n) is 13.6. The maximum Gasteiger partial charge on any atom is 0.416 e. The van der Waals surface area contributed by atoms with Gasteiger partial charge in [0, 0.05) is 41.0 Å². The molecule has 2 N–H and O–H groups in total. The molecule has 0 aliphatic heterocycles. The Balaban J connectivity index is 1.25. The van der Waals surface area contributed by atoms with Crippen molar-refractivity contribution >= 4 is 44.7 Å². The number of rotatable bonds is 8. The van der Waals surface area contributed by atoms with Crippen molar-refractivity contribution in [2.45, 2.75) is 52.3 Å². The van der Waals surface area contributed by atoms with E-state index >= 15 is 0 Å². The van der Waals surface area contributed by atoms with E-state index in [1.54, 1.807) is 61.2 Å². The van der Waals surface area contributed by atoms with E-state index < -0.39 is 11.7 Å². The number of imidazole rings is 1. The number of amides is 1. The van der Waals surface area contributed by atoms with Crippen molar-refractivity contribution in [3.05, 3.63) is 93.6 Å². The van der Waals surface area contributed by atoms with Crippen molar-refractivity contribution in [2.24, 2.45) is 0 Å². The fourth-order valence-electron chi connectivity index (χ4n) is 4.90. The van der Waals surface area contributed by atoms with Crippen molar-refractivity contribution < 1.29 is 22.8 Å². The van der Waals surface area contributed by atoms with Crippen LogP contribution in [0, 0.1) is 20.8 Å². The number of fused-ring (bicyclic) bond motifs is 1. The molecular formula is C31H27F3N6O2S. The van der Waals surface area contributed by atoms with E-state index in [2.05, 4.69) is 25.6 Å². The highest BCUT2D eigenvalue weighted by Gasteiger charge is 2.32. The summed E-state index contributed by atoms with van der Waals surface area (Å²) in [6.07, 6.45) is 0.385. The van der Waals surface area contributed by atoms with E-state index in [1.807, 2.05) is 0 Å². The summed E-state index contributed by atoms with van der Waals surface area (Å²) in [5, 5.41) is 7.97. The van der Waals surface area contributed by atoms with Crippen LogP contribution in [0.5, 0.6) is 0 Å². The Morgan fingerprint density at radius 3 is 2.56 bits per heavy atom. The first-order chi connectivity index (χ1) is 20.5. The van der Waals surface area contributed by atoms with Crippen LogP contribution in [-0.2, 0) is 12.6 Å². The van der Waals surface area contributed by atoms with Gasteiger partial charge in [-0.1, -0.05) is 12.1 Å². The number of alkyl halides is 3. The second-order valence-corrected chi connectivity index (χ2v) is 11.6. The summed E-state index contributed by atoms with van der Waals surface area (Å²) < 4.78 is 43.7. The lowest BCUT2D eigenvalue weighted by atomic mass is 9.99. The largest absolute Gasteiger partial charge is 0.416 e. The van der Waals surface area contributed by atoms with Crippen LogP contribution >= 0.6 is 11.3 Å². The number of aryl methyl sites for hydroxylation is 3. The molecule has 0 radical (unpaired) electrons. The van der Waals surface area contributed by atoms with Crippen molar-refractivity contribution in [3.8, 4) is 5.69 Å². The molecule has 1 saturated carbocycles. The fraction of sp³-hybridized carbons (Fsp3) is 0.258. The van der Waals surface area contributed by atoms with E-state index in [0.29, 0.717) is 40.1 Å². The third-order valence-corrected chi connectivity index (χ3v) is 8.25. The zero-order chi connectivity index (χ0) is 30.5. The lowest BCUT2D eigenvalue weighted by molar-refractivity contribution is -0.137. The molecule has 1 aliphatic carbocycles. The maximum atomic E-state index is 13.8. The van der Waals surface area contributed by atoms with Crippen LogP contribution in [0.3, 0.4) is 0 Å². The van der Waals surface area contributed by atoms with Gasteiger partial charge >= 0.3 is 6.18 Å². The molecule has 1 aliphatic rings. The summed E-state index contributed by atoms with van der Waals surface area (Å²) in [6, 6.07) is 8.85. The minimum Gasteiger partial charge on any atom is -0.366 e. The van der Waals surface area contributed by atoms with Gasteiger partial charge in [0.05, 0.1) is 27.0 Å². The topological polar surface area (TPSA) is 102 Å². The highest BCUT2D eigenvalue weighted by atomic mass is 32.1. The Labute approximate surface area is 249 Å². The molecular weight excluding hydrogens is 577 g/mol.